The lowest BCUT2D eigenvalue weighted by Crippen LogP contribution is -2.41. The predicted octanol–water partition coefficient (Wildman–Crippen LogP) is 0.690. The number of carbonyl (C=O) groups excluding carboxylic acids is 1. The highest BCUT2D eigenvalue weighted by atomic mass is 16.4. The third-order valence-corrected chi connectivity index (χ3v) is 2.16. The number of aliphatic carboxylic acids is 1. The molecule has 5 nitrogen and oxygen atoms in total. The Labute approximate surface area is 100 Å². The quantitative estimate of drug-likeness (QED) is 0.800. The number of hydrogen-bond acceptors (Lipinski definition) is 3. The minimum atomic E-state index is -1.15. The maximum absolute atomic E-state index is 11.0. The number of hydrogen-bond donors (Lipinski definition) is 2. The number of nitrogens with one attached hydrogen (secondary N) is 1. The van der Waals surface area contributed by atoms with E-state index in [1.54, 1.807) is 24.3 Å². The highest BCUT2D eigenvalue weighted by Gasteiger charge is 2.18. The van der Waals surface area contributed by atoms with Gasteiger partial charge in [-0.15, -0.1) is 0 Å². The zero-order chi connectivity index (χ0) is 13.5. The number of carboxylic acid groups (broad SMARTS) is 1. The predicted molar refractivity (Wildman–Crippen MR) is 60.1 cm³/mol. The first kappa shape index (κ1) is 11.1. The van der Waals surface area contributed by atoms with Crippen LogP contribution in [0.2, 0.25) is 0 Å². The molecule has 1 atom stereocenters. The van der Waals surface area contributed by atoms with E-state index in [0.29, 0.717) is 11.1 Å². The Hall–Kier alpha value is -2.35. The van der Waals surface area contributed by atoms with E-state index in [-0.39, 0.29) is 6.42 Å². The summed E-state index contributed by atoms with van der Waals surface area (Å²) in [5.74, 6) is -1.78. The van der Waals surface area contributed by atoms with Gasteiger partial charge in [0.2, 0.25) is 5.91 Å². The van der Waals surface area contributed by atoms with Gasteiger partial charge in [0.15, 0.2) is 0 Å². The molecule has 0 aliphatic carbocycles. The van der Waals surface area contributed by atoms with Crippen molar-refractivity contribution < 1.29 is 16.1 Å². The van der Waals surface area contributed by atoms with E-state index in [2.05, 4.69) is 5.32 Å². The van der Waals surface area contributed by atoms with E-state index in [9.17, 15) is 9.59 Å². The van der Waals surface area contributed by atoms with Crippen molar-refractivity contribution in [2.45, 2.75) is 19.4 Å². The van der Waals surface area contributed by atoms with Crippen LogP contribution in [0.4, 0.5) is 0 Å². The van der Waals surface area contributed by atoms with Crippen molar-refractivity contribution in [2.75, 3.05) is 0 Å². The number of rotatable bonds is 4. The second-order valence-corrected chi connectivity index (χ2v) is 3.47. The van der Waals surface area contributed by atoms with Crippen LogP contribution in [0.25, 0.3) is 0 Å². The van der Waals surface area contributed by atoms with Crippen molar-refractivity contribution in [3.63, 3.8) is 0 Å². The molecule has 1 aromatic carbocycles. The molecule has 0 unspecified atom stereocenters. The standard InChI is InChI=1S/C12H12N2O3/c1-8(15)14-11(12(16)17)6-9-2-4-10(7-13)5-3-9/h2-5,11H,6H2,1H3,(H,14,15)(H,16,17)/t11-/m0/s1/i1D. The van der Waals surface area contributed by atoms with Gasteiger partial charge in [0.1, 0.15) is 6.04 Å². The van der Waals surface area contributed by atoms with Crippen LogP contribution in [0.15, 0.2) is 24.3 Å². The lowest BCUT2D eigenvalue weighted by atomic mass is 10.0. The second kappa shape index (κ2) is 5.66. The summed E-state index contributed by atoms with van der Waals surface area (Å²) in [6.07, 6.45) is 0.118. The molecule has 0 saturated carbocycles. The molecule has 0 heterocycles. The first-order valence-corrected chi connectivity index (χ1v) is 4.87. The van der Waals surface area contributed by atoms with Crippen LogP contribution >= 0.6 is 0 Å². The Kier molecular flexibility index (Phi) is 3.71. The van der Waals surface area contributed by atoms with Crippen LogP contribution in [0, 0.1) is 11.3 Å². The summed E-state index contributed by atoms with van der Waals surface area (Å²) in [5.41, 5.74) is 1.19. The molecule has 0 bridgehead atoms. The lowest BCUT2D eigenvalue weighted by molar-refractivity contribution is -0.141. The number of carboxylic acids is 1. The average molecular weight is 233 g/mol. The van der Waals surface area contributed by atoms with Gasteiger partial charge in [0, 0.05) is 14.7 Å². The van der Waals surface area contributed by atoms with Gasteiger partial charge in [-0.1, -0.05) is 12.1 Å². The topological polar surface area (TPSA) is 90.2 Å². The SMILES string of the molecule is [2H]CC(=O)N[C@@H](Cc1ccc(C#N)cc1)C(=O)O. The molecule has 88 valence electrons. The first-order chi connectivity index (χ1) is 8.56. The Morgan fingerprint density at radius 3 is 2.65 bits per heavy atom. The van der Waals surface area contributed by atoms with E-state index >= 15 is 0 Å². The summed E-state index contributed by atoms with van der Waals surface area (Å²) in [7, 11) is 0. The van der Waals surface area contributed by atoms with Crippen molar-refractivity contribution in [1.29, 1.82) is 5.26 Å². The summed E-state index contributed by atoms with van der Waals surface area (Å²) in [6.45, 7) is -0.503. The minimum Gasteiger partial charge on any atom is -0.480 e. The summed E-state index contributed by atoms with van der Waals surface area (Å²) in [5, 5.41) is 19.8. The van der Waals surface area contributed by atoms with Crippen molar-refractivity contribution in [2.24, 2.45) is 0 Å². The molecular weight excluding hydrogens is 220 g/mol. The zero-order valence-electron chi connectivity index (χ0n) is 10.0. The fraction of sp³-hybridized carbons (Fsp3) is 0.250. The van der Waals surface area contributed by atoms with Crippen LogP contribution in [0.3, 0.4) is 0 Å². The smallest absolute Gasteiger partial charge is 0.326 e. The van der Waals surface area contributed by atoms with Gasteiger partial charge >= 0.3 is 5.97 Å². The van der Waals surface area contributed by atoms with Gasteiger partial charge in [0.25, 0.3) is 0 Å². The van der Waals surface area contributed by atoms with Gasteiger partial charge in [-0.2, -0.15) is 5.26 Å². The Balaban J connectivity index is 2.74. The van der Waals surface area contributed by atoms with Crippen molar-refractivity contribution in [3.8, 4) is 6.07 Å². The highest BCUT2D eigenvalue weighted by Crippen LogP contribution is 2.06. The Morgan fingerprint density at radius 1 is 1.53 bits per heavy atom. The van der Waals surface area contributed by atoms with Gasteiger partial charge < -0.3 is 10.4 Å². The van der Waals surface area contributed by atoms with Crippen molar-refractivity contribution >= 4 is 11.9 Å². The van der Waals surface area contributed by atoms with Gasteiger partial charge in [0.05, 0.1) is 11.6 Å². The maximum atomic E-state index is 11.0. The van der Waals surface area contributed by atoms with E-state index in [1.165, 1.54) is 0 Å². The third kappa shape index (κ3) is 3.95. The molecule has 2 N–H and O–H groups in total. The molecule has 1 amide bonds. The van der Waals surface area contributed by atoms with Crippen LogP contribution in [-0.2, 0) is 16.0 Å². The Bertz CT molecular complexity index is 479. The molecule has 1 rings (SSSR count). The molecule has 17 heavy (non-hydrogen) atoms. The van der Waals surface area contributed by atoms with E-state index < -0.39 is 24.8 Å². The summed E-state index contributed by atoms with van der Waals surface area (Å²) >= 11 is 0. The fourth-order valence-corrected chi connectivity index (χ4v) is 1.35. The van der Waals surface area contributed by atoms with Gasteiger partial charge in [-0.05, 0) is 17.7 Å². The largest absolute Gasteiger partial charge is 0.480 e. The molecule has 0 spiro atoms. The van der Waals surface area contributed by atoms with E-state index in [4.69, 9.17) is 11.7 Å². The molecule has 5 heteroatoms. The maximum Gasteiger partial charge on any atom is 0.326 e. The van der Waals surface area contributed by atoms with Crippen molar-refractivity contribution in [3.05, 3.63) is 35.4 Å². The molecule has 1 aromatic rings. The normalized spacial score (nSPS) is 12.1. The summed E-state index contributed by atoms with van der Waals surface area (Å²) < 4.78 is 6.83. The van der Waals surface area contributed by atoms with Crippen LogP contribution in [0.5, 0.6) is 0 Å². The molecule has 0 aliphatic rings. The molecule has 0 aromatic heterocycles. The second-order valence-electron chi connectivity index (χ2n) is 3.47. The summed E-state index contributed by atoms with van der Waals surface area (Å²) in [6, 6.07) is 7.35. The molecule has 0 saturated heterocycles. The van der Waals surface area contributed by atoms with E-state index in [1.807, 2.05) is 6.07 Å². The van der Waals surface area contributed by atoms with Crippen molar-refractivity contribution in [1.82, 2.24) is 5.32 Å². The number of benzene rings is 1. The Morgan fingerprint density at radius 2 is 2.18 bits per heavy atom. The lowest BCUT2D eigenvalue weighted by Gasteiger charge is -2.13. The fourth-order valence-electron chi connectivity index (χ4n) is 1.35. The number of nitriles is 1. The molecular formula is C12H12N2O3. The zero-order valence-corrected chi connectivity index (χ0v) is 9.01. The molecule has 0 fully saturated rings. The van der Waals surface area contributed by atoms with Gasteiger partial charge in [-0.25, -0.2) is 4.79 Å². The minimum absolute atomic E-state index is 0.118. The average Bonchev–Trinajstić information content (AvgIpc) is 2.38. The number of amides is 1. The summed E-state index contributed by atoms with van der Waals surface area (Å²) in [4.78, 5) is 22.0. The highest BCUT2D eigenvalue weighted by molar-refractivity contribution is 5.82. The van der Waals surface area contributed by atoms with Crippen LogP contribution < -0.4 is 5.32 Å². The third-order valence-electron chi connectivity index (χ3n) is 2.16. The molecule has 0 aliphatic heterocycles. The van der Waals surface area contributed by atoms with E-state index in [0.717, 1.165) is 0 Å². The monoisotopic (exact) mass is 233 g/mol. The number of carbonyl (C=O) groups is 2. The first-order valence-electron chi connectivity index (χ1n) is 5.58. The van der Waals surface area contributed by atoms with Gasteiger partial charge in [-0.3, -0.25) is 4.79 Å². The van der Waals surface area contributed by atoms with Crippen LogP contribution in [-0.4, -0.2) is 23.0 Å². The van der Waals surface area contributed by atoms with Crippen LogP contribution in [0.1, 0.15) is 19.4 Å². The number of nitrogens with zero attached hydrogens (tertiary/aromatic N) is 1. The molecule has 0 radical (unpaired) electrons.